The van der Waals surface area contributed by atoms with Crippen LogP contribution in [0.25, 0.3) is 82.8 Å². The summed E-state index contributed by atoms with van der Waals surface area (Å²) in [5.41, 5.74) is 18.6. The van der Waals surface area contributed by atoms with Gasteiger partial charge in [-0.25, -0.2) is 0 Å². The van der Waals surface area contributed by atoms with Crippen molar-refractivity contribution in [2.24, 2.45) is 0 Å². The Bertz CT molecular complexity index is 3430. The van der Waals surface area contributed by atoms with Gasteiger partial charge in [-0.1, -0.05) is 141 Å². The van der Waals surface area contributed by atoms with Crippen LogP contribution in [0.1, 0.15) is 25.0 Å². The molecule has 0 N–H and O–H groups in total. The standard InChI is InChI=1S/C57H40N2O/c1-57(2)51-32-23-40(38-15-7-4-8-16-38)33-48(51)45-31-30-44(34-52(45)57)58(41-24-21-39(22-25-41)37-13-5-3-6-14-37)42-26-28-43(29-27-42)59-53-19-11-9-17-46(53)49-35-50-47-18-10-12-20-55(47)60-56(50)36-54(49)59/h3-36H,1-2H3. The molecule has 60 heavy (non-hydrogen) atoms. The van der Waals surface area contributed by atoms with Crippen molar-refractivity contribution >= 4 is 60.8 Å². The van der Waals surface area contributed by atoms with Gasteiger partial charge >= 0.3 is 0 Å². The average molecular weight is 769 g/mol. The monoisotopic (exact) mass is 768 g/mol. The van der Waals surface area contributed by atoms with Crippen LogP contribution in [0.5, 0.6) is 0 Å². The highest BCUT2D eigenvalue weighted by molar-refractivity contribution is 6.17. The summed E-state index contributed by atoms with van der Waals surface area (Å²) in [4.78, 5) is 2.40. The molecule has 0 saturated carbocycles. The van der Waals surface area contributed by atoms with Crippen LogP contribution in [0.15, 0.2) is 211 Å². The molecule has 0 atom stereocenters. The molecule has 1 aliphatic carbocycles. The lowest BCUT2D eigenvalue weighted by molar-refractivity contribution is 0.660. The van der Waals surface area contributed by atoms with Gasteiger partial charge in [0.1, 0.15) is 11.2 Å². The number of fused-ring (bicyclic) bond motifs is 9. The predicted octanol–water partition coefficient (Wildman–Crippen LogP) is 15.8. The Balaban J connectivity index is 0.994. The maximum atomic E-state index is 6.41. The number of hydrogen-bond donors (Lipinski definition) is 0. The third-order valence-electron chi connectivity index (χ3n) is 12.8. The van der Waals surface area contributed by atoms with Gasteiger partial charge in [0, 0.05) is 55.8 Å². The van der Waals surface area contributed by atoms with E-state index >= 15 is 0 Å². The van der Waals surface area contributed by atoms with E-state index < -0.39 is 0 Å². The van der Waals surface area contributed by atoms with Gasteiger partial charge in [-0.05, 0) is 117 Å². The largest absolute Gasteiger partial charge is 0.456 e. The van der Waals surface area contributed by atoms with Gasteiger partial charge in [0.05, 0.1) is 11.0 Å². The van der Waals surface area contributed by atoms with Crippen LogP contribution in [0.2, 0.25) is 0 Å². The maximum absolute atomic E-state index is 6.41. The predicted molar refractivity (Wildman–Crippen MR) is 251 cm³/mol. The van der Waals surface area contributed by atoms with Crippen molar-refractivity contribution < 1.29 is 4.42 Å². The van der Waals surface area contributed by atoms with Gasteiger partial charge in [-0.2, -0.15) is 0 Å². The highest BCUT2D eigenvalue weighted by Crippen LogP contribution is 2.52. The molecule has 0 unspecified atom stereocenters. The fraction of sp³-hybridized carbons (Fsp3) is 0.0526. The highest BCUT2D eigenvalue weighted by Gasteiger charge is 2.36. The molecule has 0 saturated heterocycles. The molecule has 0 aliphatic heterocycles. The van der Waals surface area contributed by atoms with Gasteiger partial charge in [-0.3, -0.25) is 0 Å². The minimum Gasteiger partial charge on any atom is -0.456 e. The van der Waals surface area contributed by atoms with Crippen molar-refractivity contribution in [2.75, 3.05) is 4.90 Å². The minimum atomic E-state index is -0.162. The molecule has 0 spiro atoms. The first-order valence-electron chi connectivity index (χ1n) is 20.7. The van der Waals surface area contributed by atoms with Crippen molar-refractivity contribution in [3.05, 3.63) is 217 Å². The van der Waals surface area contributed by atoms with E-state index in [1.165, 1.54) is 60.8 Å². The number of para-hydroxylation sites is 2. The Hall–Kier alpha value is -7.62. The molecule has 12 rings (SSSR count). The summed E-state index contributed by atoms with van der Waals surface area (Å²) in [7, 11) is 0. The van der Waals surface area contributed by atoms with Crippen LogP contribution in [-0.2, 0) is 5.41 Å². The number of nitrogens with zero attached hydrogens (tertiary/aromatic N) is 2. The SMILES string of the molecule is CC1(C)c2ccc(-c3ccccc3)cc2-c2ccc(N(c3ccc(-c4ccccc4)cc3)c3ccc(-n4c5ccccc5c5cc6c(cc54)oc4ccccc46)cc3)cc21. The summed E-state index contributed by atoms with van der Waals surface area (Å²) >= 11 is 0. The Morgan fingerprint density at radius 3 is 1.73 bits per heavy atom. The Morgan fingerprint density at radius 1 is 0.383 bits per heavy atom. The van der Waals surface area contributed by atoms with Crippen molar-refractivity contribution in [1.82, 2.24) is 4.57 Å². The number of aromatic nitrogens is 1. The van der Waals surface area contributed by atoms with E-state index in [0.717, 1.165) is 50.2 Å². The molecule has 9 aromatic carbocycles. The maximum Gasteiger partial charge on any atom is 0.137 e. The smallest absolute Gasteiger partial charge is 0.137 e. The van der Waals surface area contributed by atoms with Crippen molar-refractivity contribution in [1.29, 1.82) is 0 Å². The molecule has 0 amide bonds. The molecule has 3 heteroatoms. The van der Waals surface area contributed by atoms with Crippen LogP contribution in [0.3, 0.4) is 0 Å². The van der Waals surface area contributed by atoms with Crippen molar-refractivity contribution in [2.45, 2.75) is 19.3 Å². The fourth-order valence-corrected chi connectivity index (χ4v) is 9.79. The van der Waals surface area contributed by atoms with Crippen molar-refractivity contribution in [3.8, 4) is 39.1 Å². The van der Waals surface area contributed by atoms with Gasteiger partial charge in [-0.15, -0.1) is 0 Å². The molecule has 0 radical (unpaired) electrons. The van der Waals surface area contributed by atoms with Crippen LogP contribution in [-0.4, -0.2) is 4.57 Å². The number of hydrogen-bond acceptors (Lipinski definition) is 2. The normalized spacial score (nSPS) is 13.0. The Labute approximate surface area is 349 Å². The zero-order valence-electron chi connectivity index (χ0n) is 33.4. The molecular weight excluding hydrogens is 729 g/mol. The lowest BCUT2D eigenvalue weighted by Crippen LogP contribution is -2.16. The number of rotatable bonds is 6. The molecule has 11 aromatic rings. The molecule has 1 aliphatic rings. The van der Waals surface area contributed by atoms with Crippen LogP contribution >= 0.6 is 0 Å². The summed E-state index contributed by atoms with van der Waals surface area (Å²) in [5, 5.41) is 4.72. The first-order chi connectivity index (χ1) is 29.5. The third kappa shape index (κ3) is 5.29. The number of anilines is 3. The topological polar surface area (TPSA) is 21.3 Å². The highest BCUT2D eigenvalue weighted by atomic mass is 16.3. The van der Waals surface area contributed by atoms with Crippen LogP contribution in [0, 0.1) is 0 Å². The molecule has 0 bridgehead atoms. The lowest BCUT2D eigenvalue weighted by atomic mass is 9.82. The van der Waals surface area contributed by atoms with Crippen LogP contribution in [0.4, 0.5) is 17.1 Å². The van der Waals surface area contributed by atoms with E-state index in [0.29, 0.717) is 0 Å². The molecular formula is C57H40N2O. The molecule has 284 valence electrons. The second-order valence-corrected chi connectivity index (χ2v) is 16.6. The second-order valence-electron chi connectivity index (χ2n) is 16.6. The average Bonchev–Trinajstić information content (AvgIpc) is 3.91. The molecule has 3 nitrogen and oxygen atoms in total. The number of furan rings is 1. The van der Waals surface area contributed by atoms with Gasteiger partial charge in [0.25, 0.3) is 0 Å². The van der Waals surface area contributed by atoms with Gasteiger partial charge in [0.15, 0.2) is 0 Å². The summed E-state index contributed by atoms with van der Waals surface area (Å²) in [6.45, 7) is 4.73. The van der Waals surface area contributed by atoms with E-state index in [-0.39, 0.29) is 5.41 Å². The molecule has 2 heterocycles. The number of benzene rings is 9. The van der Waals surface area contributed by atoms with E-state index in [1.807, 2.05) is 6.07 Å². The zero-order valence-corrected chi connectivity index (χ0v) is 33.4. The molecule has 2 aromatic heterocycles. The van der Waals surface area contributed by atoms with Crippen LogP contribution < -0.4 is 4.90 Å². The summed E-state index contributed by atoms with van der Waals surface area (Å²) < 4.78 is 8.78. The summed E-state index contributed by atoms with van der Waals surface area (Å²) in [6.07, 6.45) is 0. The quantitative estimate of drug-likeness (QED) is 0.168. The van der Waals surface area contributed by atoms with E-state index in [2.05, 4.69) is 224 Å². The summed E-state index contributed by atoms with van der Waals surface area (Å²) in [5.74, 6) is 0. The van der Waals surface area contributed by atoms with E-state index in [4.69, 9.17) is 4.42 Å². The van der Waals surface area contributed by atoms with E-state index in [1.54, 1.807) is 0 Å². The fourth-order valence-electron chi connectivity index (χ4n) is 9.79. The van der Waals surface area contributed by atoms with Crippen molar-refractivity contribution in [3.63, 3.8) is 0 Å². The second kappa shape index (κ2) is 13.2. The Kier molecular flexibility index (Phi) is 7.58. The van der Waals surface area contributed by atoms with Gasteiger partial charge in [0.2, 0.25) is 0 Å². The lowest BCUT2D eigenvalue weighted by Gasteiger charge is -2.28. The first kappa shape index (κ1) is 34.4. The van der Waals surface area contributed by atoms with E-state index in [9.17, 15) is 0 Å². The summed E-state index contributed by atoms with van der Waals surface area (Å²) in [6, 6.07) is 74.9. The molecule has 0 fully saturated rings. The first-order valence-corrected chi connectivity index (χ1v) is 20.7. The minimum absolute atomic E-state index is 0.162. The van der Waals surface area contributed by atoms with Gasteiger partial charge < -0.3 is 13.9 Å². The Morgan fingerprint density at radius 2 is 0.983 bits per heavy atom. The third-order valence-corrected chi connectivity index (χ3v) is 12.8. The zero-order chi connectivity index (χ0) is 40.0.